The second kappa shape index (κ2) is 8.77. The normalized spacial score (nSPS) is 16.1. The van der Waals surface area contributed by atoms with Gasteiger partial charge in [0.2, 0.25) is 0 Å². The molecule has 1 aromatic rings. The lowest BCUT2D eigenvalue weighted by molar-refractivity contribution is 0.237. The van der Waals surface area contributed by atoms with Crippen molar-refractivity contribution in [2.45, 2.75) is 57.5 Å². The summed E-state index contributed by atoms with van der Waals surface area (Å²) in [6, 6.07) is 8.28. The minimum atomic E-state index is -0.211. The van der Waals surface area contributed by atoms with E-state index in [1.807, 2.05) is 25.1 Å². The number of hydrogen-bond acceptors (Lipinski definition) is 3. The van der Waals surface area contributed by atoms with Crippen molar-refractivity contribution in [1.82, 2.24) is 5.32 Å². The average Bonchev–Trinajstić information content (AvgIpc) is 3.08. The van der Waals surface area contributed by atoms with Crippen LogP contribution in [0.5, 0.6) is 0 Å². The summed E-state index contributed by atoms with van der Waals surface area (Å²) >= 11 is 0. The van der Waals surface area contributed by atoms with Gasteiger partial charge in [0.25, 0.3) is 0 Å². The summed E-state index contributed by atoms with van der Waals surface area (Å²) in [6.07, 6.45) is 6.37. The van der Waals surface area contributed by atoms with E-state index in [0.717, 1.165) is 17.8 Å². The van der Waals surface area contributed by atoms with E-state index in [0.29, 0.717) is 12.5 Å². The van der Waals surface area contributed by atoms with E-state index in [1.54, 1.807) is 0 Å². The summed E-state index contributed by atoms with van der Waals surface area (Å²) in [5, 5.41) is 14.9. The third-order valence-corrected chi connectivity index (χ3v) is 4.71. The lowest BCUT2D eigenvalue weighted by Crippen LogP contribution is -2.38. The van der Waals surface area contributed by atoms with Gasteiger partial charge in [-0.05, 0) is 37.8 Å². The molecule has 23 heavy (non-hydrogen) atoms. The Morgan fingerprint density at radius 3 is 2.70 bits per heavy atom. The van der Waals surface area contributed by atoms with Gasteiger partial charge in [0.15, 0.2) is 0 Å². The van der Waals surface area contributed by atoms with Gasteiger partial charge in [0.1, 0.15) is 0 Å². The number of nitrogens with one attached hydrogen (secondary N) is 2. The molecule has 0 spiro atoms. The van der Waals surface area contributed by atoms with Gasteiger partial charge in [0, 0.05) is 25.7 Å². The Labute approximate surface area is 139 Å². The summed E-state index contributed by atoms with van der Waals surface area (Å²) < 4.78 is 0. The van der Waals surface area contributed by atoms with Crippen molar-refractivity contribution in [2.75, 3.05) is 23.9 Å². The van der Waals surface area contributed by atoms with Crippen LogP contribution >= 0.6 is 0 Å². The first-order chi connectivity index (χ1) is 11.2. The fourth-order valence-corrected chi connectivity index (χ4v) is 3.25. The van der Waals surface area contributed by atoms with Crippen molar-refractivity contribution in [3.8, 4) is 0 Å². The molecule has 1 fully saturated rings. The summed E-state index contributed by atoms with van der Waals surface area (Å²) in [4.78, 5) is 14.5. The standard InChI is InChI=1S/C18H29N3O2/c1-3-14(12-13-22)19-18(23)20-16-10-6-7-11-17(16)21(2)15-8-4-5-9-15/h6-7,10-11,14-15,22H,3-5,8-9,12-13H2,1-2H3,(H2,19,20,23). The molecule has 0 aromatic heterocycles. The first kappa shape index (κ1) is 17.6. The molecule has 1 aliphatic rings. The molecule has 3 N–H and O–H groups in total. The SMILES string of the molecule is CCC(CCO)NC(=O)Nc1ccccc1N(C)C1CCCC1. The van der Waals surface area contributed by atoms with Crippen LogP contribution in [0.4, 0.5) is 16.2 Å². The third-order valence-electron chi connectivity index (χ3n) is 4.71. The van der Waals surface area contributed by atoms with E-state index in [1.165, 1.54) is 25.7 Å². The number of para-hydroxylation sites is 2. The molecule has 0 bridgehead atoms. The van der Waals surface area contributed by atoms with Gasteiger partial charge in [-0.15, -0.1) is 0 Å². The maximum atomic E-state index is 12.2. The van der Waals surface area contributed by atoms with Crippen molar-refractivity contribution in [3.05, 3.63) is 24.3 Å². The number of hydrogen-bond donors (Lipinski definition) is 3. The molecule has 128 valence electrons. The minimum Gasteiger partial charge on any atom is -0.396 e. The van der Waals surface area contributed by atoms with E-state index in [-0.39, 0.29) is 18.7 Å². The van der Waals surface area contributed by atoms with E-state index < -0.39 is 0 Å². The molecule has 2 amide bonds. The summed E-state index contributed by atoms with van der Waals surface area (Å²) in [5.41, 5.74) is 1.89. The van der Waals surface area contributed by atoms with Crippen LogP contribution in [-0.2, 0) is 0 Å². The molecule has 0 radical (unpaired) electrons. The lowest BCUT2D eigenvalue weighted by Gasteiger charge is -2.29. The Kier molecular flexibility index (Phi) is 6.71. The molecular formula is C18H29N3O2. The van der Waals surface area contributed by atoms with Crippen LogP contribution in [0.2, 0.25) is 0 Å². The second-order valence-electron chi connectivity index (χ2n) is 6.28. The monoisotopic (exact) mass is 319 g/mol. The zero-order chi connectivity index (χ0) is 16.7. The first-order valence-corrected chi connectivity index (χ1v) is 8.66. The lowest BCUT2D eigenvalue weighted by atomic mass is 10.1. The van der Waals surface area contributed by atoms with E-state index in [2.05, 4.69) is 28.6 Å². The van der Waals surface area contributed by atoms with Gasteiger partial charge in [-0.25, -0.2) is 4.79 Å². The number of aliphatic hydroxyl groups is 1. The molecule has 1 aromatic carbocycles. The van der Waals surface area contributed by atoms with Gasteiger partial charge < -0.3 is 20.6 Å². The van der Waals surface area contributed by atoms with E-state index in [4.69, 9.17) is 5.11 Å². The van der Waals surface area contributed by atoms with Crippen molar-refractivity contribution < 1.29 is 9.90 Å². The van der Waals surface area contributed by atoms with Crippen LogP contribution in [0.1, 0.15) is 45.4 Å². The second-order valence-corrected chi connectivity index (χ2v) is 6.28. The van der Waals surface area contributed by atoms with Crippen molar-refractivity contribution in [1.29, 1.82) is 0 Å². The number of carbonyl (C=O) groups excluding carboxylic acids is 1. The molecule has 2 rings (SSSR count). The Hall–Kier alpha value is -1.75. The van der Waals surface area contributed by atoms with Crippen LogP contribution in [0.3, 0.4) is 0 Å². The number of aliphatic hydroxyl groups excluding tert-OH is 1. The zero-order valence-electron chi connectivity index (χ0n) is 14.2. The number of anilines is 2. The first-order valence-electron chi connectivity index (χ1n) is 8.66. The van der Waals surface area contributed by atoms with Crippen LogP contribution in [-0.4, -0.2) is 36.9 Å². The number of carbonyl (C=O) groups is 1. The van der Waals surface area contributed by atoms with Crippen LogP contribution in [0, 0.1) is 0 Å². The highest BCUT2D eigenvalue weighted by atomic mass is 16.3. The molecule has 0 aliphatic heterocycles. The largest absolute Gasteiger partial charge is 0.396 e. The predicted octanol–water partition coefficient (Wildman–Crippen LogP) is 3.35. The highest BCUT2D eigenvalue weighted by molar-refractivity contribution is 5.93. The molecular weight excluding hydrogens is 290 g/mol. The van der Waals surface area contributed by atoms with Crippen molar-refractivity contribution in [2.24, 2.45) is 0 Å². The molecule has 1 unspecified atom stereocenters. The maximum Gasteiger partial charge on any atom is 0.319 e. The van der Waals surface area contributed by atoms with Crippen molar-refractivity contribution in [3.63, 3.8) is 0 Å². The van der Waals surface area contributed by atoms with Gasteiger partial charge in [-0.1, -0.05) is 31.9 Å². The molecule has 1 atom stereocenters. The molecule has 5 nitrogen and oxygen atoms in total. The van der Waals surface area contributed by atoms with Gasteiger partial charge in [-0.3, -0.25) is 0 Å². The van der Waals surface area contributed by atoms with E-state index in [9.17, 15) is 4.79 Å². The molecule has 5 heteroatoms. The number of benzene rings is 1. The van der Waals surface area contributed by atoms with Crippen LogP contribution < -0.4 is 15.5 Å². The molecule has 0 saturated heterocycles. The van der Waals surface area contributed by atoms with Crippen LogP contribution in [0.25, 0.3) is 0 Å². The Morgan fingerprint density at radius 1 is 1.35 bits per heavy atom. The number of nitrogens with zero attached hydrogens (tertiary/aromatic N) is 1. The third kappa shape index (κ3) is 4.86. The average molecular weight is 319 g/mol. The quantitative estimate of drug-likeness (QED) is 0.722. The molecule has 1 saturated carbocycles. The van der Waals surface area contributed by atoms with Gasteiger partial charge in [0.05, 0.1) is 11.4 Å². The Balaban J connectivity index is 2.03. The maximum absolute atomic E-state index is 12.2. The highest BCUT2D eigenvalue weighted by Crippen LogP contribution is 2.31. The topological polar surface area (TPSA) is 64.6 Å². The molecule has 1 aliphatic carbocycles. The van der Waals surface area contributed by atoms with Crippen molar-refractivity contribution >= 4 is 17.4 Å². The summed E-state index contributed by atoms with van der Waals surface area (Å²) in [7, 11) is 2.11. The van der Waals surface area contributed by atoms with Crippen LogP contribution in [0.15, 0.2) is 24.3 Å². The predicted molar refractivity (Wildman–Crippen MR) is 95.0 cm³/mol. The number of rotatable bonds is 7. The van der Waals surface area contributed by atoms with Gasteiger partial charge in [-0.2, -0.15) is 0 Å². The zero-order valence-corrected chi connectivity index (χ0v) is 14.2. The fourth-order valence-electron chi connectivity index (χ4n) is 3.25. The fraction of sp³-hybridized carbons (Fsp3) is 0.611. The van der Waals surface area contributed by atoms with E-state index >= 15 is 0 Å². The summed E-state index contributed by atoms with van der Waals surface area (Å²) in [6.45, 7) is 2.09. The Bertz CT molecular complexity index is 501. The summed E-state index contributed by atoms with van der Waals surface area (Å²) in [5.74, 6) is 0. The number of amides is 2. The minimum absolute atomic E-state index is 0.000256. The van der Waals surface area contributed by atoms with Gasteiger partial charge >= 0.3 is 6.03 Å². The Morgan fingerprint density at radius 2 is 2.04 bits per heavy atom. The smallest absolute Gasteiger partial charge is 0.319 e. The molecule has 0 heterocycles. The highest BCUT2D eigenvalue weighted by Gasteiger charge is 2.22. The number of urea groups is 1.